The smallest absolute Gasteiger partial charge is 0.246 e. The highest BCUT2D eigenvalue weighted by molar-refractivity contribution is 6.37. The van der Waals surface area contributed by atoms with E-state index in [0.29, 0.717) is 42.6 Å². The van der Waals surface area contributed by atoms with E-state index in [1.807, 2.05) is 24.3 Å². The first-order chi connectivity index (χ1) is 15.7. The second-order valence-electron chi connectivity index (χ2n) is 7.81. The molecule has 160 valence electrons. The SMILES string of the molecule is C=CC(=O)N1CCN2c3ncnc4cc(-c5cccc6ocnc56)c(Cl)c(c34)OC[C@@H]2C1. The normalized spacial score (nSPS) is 17.7. The summed E-state index contributed by atoms with van der Waals surface area (Å²) >= 11 is 6.93. The monoisotopic (exact) mass is 447 g/mol. The minimum absolute atomic E-state index is 0.0587. The lowest BCUT2D eigenvalue weighted by atomic mass is 10.0. The maximum absolute atomic E-state index is 12.2. The van der Waals surface area contributed by atoms with Crippen molar-refractivity contribution in [2.24, 2.45) is 0 Å². The van der Waals surface area contributed by atoms with Crippen LogP contribution in [0.4, 0.5) is 5.82 Å². The molecule has 9 heteroatoms. The van der Waals surface area contributed by atoms with Crippen molar-refractivity contribution in [1.29, 1.82) is 0 Å². The fraction of sp³-hybridized carbons (Fsp3) is 0.217. The number of ether oxygens (including phenoxy) is 1. The van der Waals surface area contributed by atoms with Crippen molar-refractivity contribution in [2.75, 3.05) is 31.1 Å². The number of para-hydroxylation sites is 1. The van der Waals surface area contributed by atoms with Gasteiger partial charge in [0.25, 0.3) is 0 Å². The number of benzene rings is 2. The van der Waals surface area contributed by atoms with Gasteiger partial charge in [-0.05, 0) is 18.2 Å². The van der Waals surface area contributed by atoms with Gasteiger partial charge < -0.3 is 19.0 Å². The second kappa shape index (κ2) is 7.20. The number of rotatable bonds is 2. The molecule has 2 aromatic carbocycles. The molecule has 8 nitrogen and oxygen atoms in total. The molecule has 1 amide bonds. The number of hydrogen-bond donors (Lipinski definition) is 0. The van der Waals surface area contributed by atoms with E-state index in [1.54, 1.807) is 11.2 Å². The fourth-order valence-electron chi connectivity index (χ4n) is 4.59. The lowest BCUT2D eigenvalue weighted by Crippen LogP contribution is -2.56. The summed E-state index contributed by atoms with van der Waals surface area (Å²) in [7, 11) is 0. The molecule has 1 saturated heterocycles. The van der Waals surface area contributed by atoms with Crippen LogP contribution in [-0.2, 0) is 4.79 Å². The third-order valence-electron chi connectivity index (χ3n) is 6.11. The van der Waals surface area contributed by atoms with Crippen LogP contribution in [0.5, 0.6) is 5.75 Å². The number of piperazine rings is 1. The highest BCUT2D eigenvalue weighted by Crippen LogP contribution is 2.46. The molecule has 4 aromatic rings. The zero-order chi connectivity index (χ0) is 21.8. The van der Waals surface area contributed by atoms with Crippen LogP contribution in [0.3, 0.4) is 0 Å². The lowest BCUT2D eigenvalue weighted by molar-refractivity contribution is -0.126. The Balaban J connectivity index is 1.52. The number of oxazole rings is 1. The lowest BCUT2D eigenvalue weighted by Gasteiger charge is -2.40. The Bertz CT molecular complexity index is 1400. The Kier molecular flexibility index (Phi) is 4.29. The number of fused-ring (bicyclic) bond motifs is 3. The van der Waals surface area contributed by atoms with Crippen LogP contribution in [0, 0.1) is 0 Å². The Morgan fingerprint density at radius 3 is 3.00 bits per heavy atom. The first kappa shape index (κ1) is 19.1. The zero-order valence-corrected chi connectivity index (χ0v) is 17.7. The molecule has 2 aliphatic heterocycles. The van der Waals surface area contributed by atoms with Crippen molar-refractivity contribution < 1.29 is 13.9 Å². The Morgan fingerprint density at radius 2 is 2.12 bits per heavy atom. The van der Waals surface area contributed by atoms with Crippen LogP contribution in [0.15, 0.2) is 54.1 Å². The maximum atomic E-state index is 12.2. The summed E-state index contributed by atoms with van der Waals surface area (Å²) in [6.07, 6.45) is 4.32. The Morgan fingerprint density at radius 1 is 1.22 bits per heavy atom. The van der Waals surface area contributed by atoms with Gasteiger partial charge in [-0.2, -0.15) is 0 Å². The van der Waals surface area contributed by atoms with Crippen LogP contribution in [0.2, 0.25) is 5.02 Å². The molecular formula is C23H18ClN5O3. The van der Waals surface area contributed by atoms with E-state index < -0.39 is 0 Å². The summed E-state index contributed by atoms with van der Waals surface area (Å²) in [5.74, 6) is 1.23. The van der Waals surface area contributed by atoms with Crippen LogP contribution >= 0.6 is 11.6 Å². The second-order valence-corrected chi connectivity index (χ2v) is 8.19. The number of hydrogen-bond acceptors (Lipinski definition) is 7. The van der Waals surface area contributed by atoms with Crippen LogP contribution in [0.1, 0.15) is 0 Å². The average Bonchev–Trinajstić information content (AvgIpc) is 3.24. The molecule has 1 fully saturated rings. The van der Waals surface area contributed by atoms with Crippen LogP contribution in [0.25, 0.3) is 33.1 Å². The average molecular weight is 448 g/mol. The molecule has 0 spiro atoms. The summed E-state index contributed by atoms with van der Waals surface area (Å²) in [4.78, 5) is 29.6. The number of anilines is 1. The van der Waals surface area contributed by atoms with E-state index in [1.165, 1.54) is 12.5 Å². The summed E-state index contributed by atoms with van der Waals surface area (Å²) in [5.41, 5.74) is 3.74. The van der Waals surface area contributed by atoms with Crippen molar-refractivity contribution in [3.63, 3.8) is 0 Å². The van der Waals surface area contributed by atoms with E-state index in [9.17, 15) is 4.79 Å². The number of aromatic nitrogens is 3. The Labute approximate surface area is 188 Å². The molecule has 4 heterocycles. The first-order valence-corrected chi connectivity index (χ1v) is 10.6. The fourth-order valence-corrected chi connectivity index (χ4v) is 4.89. The quantitative estimate of drug-likeness (QED) is 0.433. The molecule has 0 radical (unpaired) electrons. The van der Waals surface area contributed by atoms with Crippen molar-refractivity contribution >= 4 is 45.3 Å². The molecule has 2 aromatic heterocycles. The largest absolute Gasteiger partial charge is 0.489 e. The number of carbonyl (C=O) groups excluding carboxylic acids is 1. The van der Waals surface area contributed by atoms with Gasteiger partial charge >= 0.3 is 0 Å². The van der Waals surface area contributed by atoms with Gasteiger partial charge in [-0.1, -0.05) is 30.3 Å². The molecule has 0 N–H and O–H groups in total. The molecule has 0 unspecified atom stereocenters. The van der Waals surface area contributed by atoms with Crippen LogP contribution < -0.4 is 9.64 Å². The van der Waals surface area contributed by atoms with E-state index >= 15 is 0 Å². The third kappa shape index (κ3) is 2.76. The minimum atomic E-state index is -0.0831. The molecule has 1 atom stereocenters. The molecular weight excluding hydrogens is 430 g/mol. The van der Waals surface area contributed by atoms with E-state index in [-0.39, 0.29) is 11.9 Å². The topological polar surface area (TPSA) is 84.6 Å². The van der Waals surface area contributed by atoms with Crippen molar-refractivity contribution in [3.05, 3.63) is 54.7 Å². The standard InChI is InChI=1S/C23H18ClN5O3/c1-2-18(30)28-6-7-29-13(9-28)10-31-22-19-16(25-11-26-23(19)29)8-15(20(22)24)14-4-3-5-17-21(14)27-12-32-17/h2-5,8,11-13H,1,6-7,9-10H2/t13-/m0/s1. The van der Waals surface area contributed by atoms with Crippen LogP contribution in [-0.4, -0.2) is 58.0 Å². The van der Waals surface area contributed by atoms with Crippen molar-refractivity contribution in [1.82, 2.24) is 19.9 Å². The molecule has 6 rings (SSSR count). The molecule has 0 bridgehead atoms. The maximum Gasteiger partial charge on any atom is 0.246 e. The van der Waals surface area contributed by atoms with E-state index in [0.717, 1.165) is 33.4 Å². The summed E-state index contributed by atoms with van der Waals surface area (Å²) in [6, 6.07) is 7.60. The Hall–Kier alpha value is -3.65. The summed E-state index contributed by atoms with van der Waals surface area (Å²) in [6.45, 7) is 5.71. The van der Waals surface area contributed by atoms with Crippen molar-refractivity contribution in [2.45, 2.75) is 6.04 Å². The predicted molar refractivity (Wildman–Crippen MR) is 121 cm³/mol. The van der Waals surface area contributed by atoms with Gasteiger partial charge in [0, 0.05) is 30.8 Å². The summed E-state index contributed by atoms with van der Waals surface area (Å²) in [5, 5.41) is 1.25. The number of nitrogens with zero attached hydrogens (tertiary/aromatic N) is 5. The van der Waals surface area contributed by atoms with Gasteiger partial charge in [-0.3, -0.25) is 4.79 Å². The first-order valence-electron chi connectivity index (χ1n) is 10.3. The molecule has 32 heavy (non-hydrogen) atoms. The predicted octanol–water partition coefficient (Wildman–Crippen LogP) is 3.69. The van der Waals surface area contributed by atoms with Gasteiger partial charge in [0.2, 0.25) is 5.91 Å². The number of carbonyl (C=O) groups is 1. The molecule has 0 aliphatic carbocycles. The third-order valence-corrected chi connectivity index (χ3v) is 6.49. The van der Waals surface area contributed by atoms with Gasteiger partial charge in [-0.15, -0.1) is 0 Å². The highest BCUT2D eigenvalue weighted by atomic mass is 35.5. The highest BCUT2D eigenvalue weighted by Gasteiger charge is 2.35. The van der Waals surface area contributed by atoms with Gasteiger partial charge in [0.05, 0.1) is 22.0 Å². The van der Waals surface area contributed by atoms with Gasteiger partial charge in [0.15, 0.2) is 17.7 Å². The van der Waals surface area contributed by atoms with E-state index in [2.05, 4.69) is 26.4 Å². The van der Waals surface area contributed by atoms with Gasteiger partial charge in [0.1, 0.15) is 24.3 Å². The van der Waals surface area contributed by atoms with Gasteiger partial charge in [-0.25, -0.2) is 15.0 Å². The minimum Gasteiger partial charge on any atom is -0.489 e. The zero-order valence-electron chi connectivity index (χ0n) is 17.0. The molecule has 0 saturated carbocycles. The van der Waals surface area contributed by atoms with E-state index in [4.69, 9.17) is 20.8 Å². The molecule has 2 aliphatic rings. The van der Waals surface area contributed by atoms with Crippen molar-refractivity contribution in [3.8, 4) is 16.9 Å². The summed E-state index contributed by atoms with van der Waals surface area (Å²) < 4.78 is 11.7. The number of halogens is 1. The number of amides is 1.